The summed E-state index contributed by atoms with van der Waals surface area (Å²) < 4.78 is 3.65. The Morgan fingerprint density at radius 1 is 1.73 bits per heavy atom. The Kier molecular flexibility index (Phi) is 3.63. The van der Waals surface area contributed by atoms with Crippen LogP contribution < -0.4 is 10.6 Å². The SMILES string of the molecule is O=C(NCCC1CCCN1)c1csnn1. The zero-order valence-corrected chi connectivity index (χ0v) is 9.22. The van der Waals surface area contributed by atoms with E-state index in [1.54, 1.807) is 5.38 Å². The van der Waals surface area contributed by atoms with Crippen molar-refractivity contribution in [1.82, 2.24) is 20.2 Å². The minimum atomic E-state index is -0.123. The third-order valence-electron chi connectivity index (χ3n) is 2.53. The van der Waals surface area contributed by atoms with E-state index in [0.29, 0.717) is 18.3 Å². The molecule has 1 unspecified atom stereocenters. The number of hydrogen-bond donors (Lipinski definition) is 2. The molecule has 1 aromatic rings. The molecule has 15 heavy (non-hydrogen) atoms. The first kappa shape index (κ1) is 10.5. The van der Waals surface area contributed by atoms with E-state index in [-0.39, 0.29) is 5.91 Å². The highest BCUT2D eigenvalue weighted by atomic mass is 32.1. The van der Waals surface area contributed by atoms with E-state index in [1.165, 1.54) is 24.4 Å². The van der Waals surface area contributed by atoms with Crippen LogP contribution >= 0.6 is 11.5 Å². The van der Waals surface area contributed by atoms with E-state index in [9.17, 15) is 4.79 Å². The summed E-state index contributed by atoms with van der Waals surface area (Å²) in [5.74, 6) is -0.123. The fourth-order valence-corrected chi connectivity index (χ4v) is 2.15. The van der Waals surface area contributed by atoms with Gasteiger partial charge in [0, 0.05) is 18.0 Å². The van der Waals surface area contributed by atoms with Gasteiger partial charge in [-0.25, -0.2) is 0 Å². The Labute approximate surface area is 92.4 Å². The predicted octanol–water partition coefficient (Wildman–Crippen LogP) is 0.410. The van der Waals surface area contributed by atoms with Crippen molar-refractivity contribution in [3.8, 4) is 0 Å². The molecular weight excluding hydrogens is 212 g/mol. The van der Waals surface area contributed by atoms with E-state index in [2.05, 4.69) is 20.2 Å². The second kappa shape index (κ2) is 5.18. The lowest BCUT2D eigenvalue weighted by Gasteiger charge is -2.09. The molecule has 1 aliphatic heterocycles. The fraction of sp³-hybridized carbons (Fsp3) is 0.667. The van der Waals surface area contributed by atoms with Crippen LogP contribution in [0.5, 0.6) is 0 Å². The molecule has 6 heteroatoms. The van der Waals surface area contributed by atoms with Crippen molar-refractivity contribution in [2.75, 3.05) is 13.1 Å². The van der Waals surface area contributed by atoms with Gasteiger partial charge in [-0.2, -0.15) is 0 Å². The van der Waals surface area contributed by atoms with Gasteiger partial charge in [0.05, 0.1) is 0 Å². The summed E-state index contributed by atoms with van der Waals surface area (Å²) in [6, 6.07) is 0.568. The number of amides is 1. The van der Waals surface area contributed by atoms with Crippen LogP contribution in [-0.4, -0.2) is 34.6 Å². The Morgan fingerprint density at radius 3 is 3.33 bits per heavy atom. The van der Waals surface area contributed by atoms with Crippen molar-refractivity contribution >= 4 is 17.4 Å². The molecule has 1 atom stereocenters. The minimum Gasteiger partial charge on any atom is -0.351 e. The smallest absolute Gasteiger partial charge is 0.272 e. The maximum absolute atomic E-state index is 11.5. The number of aromatic nitrogens is 2. The third kappa shape index (κ3) is 2.97. The molecule has 0 radical (unpaired) electrons. The second-order valence-corrected chi connectivity index (χ2v) is 4.24. The summed E-state index contributed by atoms with van der Waals surface area (Å²) in [7, 11) is 0. The Morgan fingerprint density at radius 2 is 2.67 bits per heavy atom. The fourth-order valence-electron chi connectivity index (χ4n) is 1.72. The molecule has 82 valence electrons. The number of rotatable bonds is 4. The maximum Gasteiger partial charge on any atom is 0.272 e. The number of nitrogens with one attached hydrogen (secondary N) is 2. The second-order valence-electron chi connectivity index (χ2n) is 3.63. The maximum atomic E-state index is 11.5. The van der Waals surface area contributed by atoms with Crippen molar-refractivity contribution < 1.29 is 4.79 Å². The first-order valence-electron chi connectivity index (χ1n) is 5.15. The van der Waals surface area contributed by atoms with Crippen LogP contribution in [0.2, 0.25) is 0 Å². The number of carbonyl (C=O) groups excluding carboxylic acids is 1. The molecule has 1 aliphatic rings. The van der Waals surface area contributed by atoms with Crippen LogP contribution in [-0.2, 0) is 0 Å². The molecule has 2 rings (SSSR count). The molecule has 0 bridgehead atoms. The first-order valence-corrected chi connectivity index (χ1v) is 5.98. The predicted molar refractivity (Wildman–Crippen MR) is 57.9 cm³/mol. The molecule has 0 aromatic carbocycles. The summed E-state index contributed by atoms with van der Waals surface area (Å²) in [6.45, 7) is 1.81. The van der Waals surface area contributed by atoms with Gasteiger partial charge in [0.2, 0.25) is 0 Å². The zero-order chi connectivity index (χ0) is 10.5. The van der Waals surface area contributed by atoms with Crippen LogP contribution in [0.4, 0.5) is 0 Å². The summed E-state index contributed by atoms with van der Waals surface area (Å²) >= 11 is 1.19. The highest BCUT2D eigenvalue weighted by molar-refractivity contribution is 7.03. The largest absolute Gasteiger partial charge is 0.351 e. The molecule has 1 amide bonds. The summed E-state index contributed by atoms with van der Waals surface area (Å²) in [5.41, 5.74) is 0.416. The highest BCUT2D eigenvalue weighted by Crippen LogP contribution is 2.07. The standard InChI is InChI=1S/C9H14N4OS/c14-9(8-6-15-13-12-8)11-5-3-7-2-1-4-10-7/h6-7,10H,1-5H2,(H,11,14). The summed E-state index contributed by atoms with van der Waals surface area (Å²) in [6.07, 6.45) is 3.45. The normalized spacial score (nSPS) is 20.4. The van der Waals surface area contributed by atoms with Gasteiger partial charge in [0.25, 0.3) is 5.91 Å². The molecular formula is C9H14N4OS. The van der Waals surface area contributed by atoms with Crippen molar-refractivity contribution in [1.29, 1.82) is 0 Å². The monoisotopic (exact) mass is 226 g/mol. The molecule has 2 heterocycles. The van der Waals surface area contributed by atoms with Crippen LogP contribution in [0.1, 0.15) is 29.8 Å². The number of nitrogens with zero attached hydrogens (tertiary/aromatic N) is 2. The molecule has 0 saturated carbocycles. The molecule has 1 aromatic heterocycles. The zero-order valence-electron chi connectivity index (χ0n) is 8.40. The van der Waals surface area contributed by atoms with Gasteiger partial charge >= 0.3 is 0 Å². The first-order chi connectivity index (χ1) is 7.36. The lowest BCUT2D eigenvalue weighted by atomic mass is 10.1. The van der Waals surface area contributed by atoms with E-state index in [4.69, 9.17) is 0 Å². The minimum absolute atomic E-state index is 0.123. The van der Waals surface area contributed by atoms with E-state index < -0.39 is 0 Å². The van der Waals surface area contributed by atoms with Crippen LogP contribution in [0.3, 0.4) is 0 Å². The van der Waals surface area contributed by atoms with Gasteiger partial charge in [-0.05, 0) is 37.3 Å². The summed E-state index contributed by atoms with van der Waals surface area (Å²) in [5, 5.41) is 11.6. The van der Waals surface area contributed by atoms with E-state index in [0.717, 1.165) is 13.0 Å². The lowest BCUT2D eigenvalue weighted by molar-refractivity contribution is 0.0947. The van der Waals surface area contributed by atoms with Crippen molar-refractivity contribution in [3.63, 3.8) is 0 Å². The molecule has 0 spiro atoms. The Balaban J connectivity index is 1.67. The lowest BCUT2D eigenvalue weighted by Crippen LogP contribution is -2.30. The molecule has 1 fully saturated rings. The molecule has 1 saturated heterocycles. The van der Waals surface area contributed by atoms with Crippen LogP contribution in [0, 0.1) is 0 Å². The van der Waals surface area contributed by atoms with Gasteiger partial charge in [-0.15, -0.1) is 5.10 Å². The average Bonchev–Trinajstić information content (AvgIpc) is 2.90. The van der Waals surface area contributed by atoms with Gasteiger partial charge in [0.15, 0.2) is 5.69 Å². The highest BCUT2D eigenvalue weighted by Gasteiger charge is 2.14. The molecule has 0 aliphatic carbocycles. The van der Waals surface area contributed by atoms with Crippen molar-refractivity contribution in [2.24, 2.45) is 0 Å². The van der Waals surface area contributed by atoms with Crippen LogP contribution in [0.25, 0.3) is 0 Å². The van der Waals surface area contributed by atoms with Crippen LogP contribution in [0.15, 0.2) is 5.38 Å². The third-order valence-corrected chi connectivity index (χ3v) is 3.04. The van der Waals surface area contributed by atoms with E-state index >= 15 is 0 Å². The van der Waals surface area contributed by atoms with Crippen molar-refractivity contribution in [3.05, 3.63) is 11.1 Å². The topological polar surface area (TPSA) is 66.9 Å². The Bertz CT molecular complexity index is 308. The summed E-state index contributed by atoms with van der Waals surface area (Å²) in [4.78, 5) is 11.5. The van der Waals surface area contributed by atoms with Gasteiger partial charge in [0.1, 0.15) is 0 Å². The molecule has 5 nitrogen and oxygen atoms in total. The number of hydrogen-bond acceptors (Lipinski definition) is 5. The van der Waals surface area contributed by atoms with Gasteiger partial charge in [-0.1, -0.05) is 4.49 Å². The quantitative estimate of drug-likeness (QED) is 0.780. The Hall–Kier alpha value is -1.01. The average molecular weight is 226 g/mol. The van der Waals surface area contributed by atoms with Gasteiger partial charge in [-0.3, -0.25) is 4.79 Å². The van der Waals surface area contributed by atoms with E-state index in [1.807, 2.05) is 0 Å². The molecule has 2 N–H and O–H groups in total. The van der Waals surface area contributed by atoms with Crippen molar-refractivity contribution in [2.45, 2.75) is 25.3 Å². The number of carbonyl (C=O) groups is 1. The van der Waals surface area contributed by atoms with Gasteiger partial charge < -0.3 is 10.6 Å².